The van der Waals surface area contributed by atoms with Crippen molar-refractivity contribution in [2.45, 2.75) is 38.8 Å². The van der Waals surface area contributed by atoms with Gasteiger partial charge in [0.25, 0.3) is 0 Å². The lowest BCUT2D eigenvalue weighted by Gasteiger charge is -2.39. The fourth-order valence-electron chi connectivity index (χ4n) is 2.96. The van der Waals surface area contributed by atoms with Crippen molar-refractivity contribution in [3.8, 4) is 0 Å². The number of benzene rings is 1. The number of nitrogens with two attached hydrogens (primary N) is 1. The molecule has 1 fully saturated rings. The van der Waals surface area contributed by atoms with E-state index in [-0.39, 0.29) is 29.7 Å². The molecule has 3 nitrogen and oxygen atoms in total. The Hall–Kier alpha value is -1.20. The number of aliphatic hydroxyl groups is 1. The third-order valence-electron chi connectivity index (χ3n) is 4.19. The van der Waals surface area contributed by atoms with Gasteiger partial charge >= 0.3 is 0 Å². The summed E-state index contributed by atoms with van der Waals surface area (Å²) in [6, 6.07) is 4.10. The molecule has 2 rings (SSSR count). The van der Waals surface area contributed by atoms with Gasteiger partial charge in [0.1, 0.15) is 0 Å². The van der Waals surface area contributed by atoms with E-state index in [0.29, 0.717) is 19.5 Å². The first-order chi connectivity index (χ1) is 9.88. The molecule has 0 amide bonds. The standard InChI is InChI=1S/C16H24F2N2O/c1-10(2)15(21)7-11-6-12(19)9-20(8-11)14-5-3-4-13(17)16(14)18/h3-5,10-12,15,21H,6-9,19H2,1-2H3. The molecule has 1 aliphatic rings. The highest BCUT2D eigenvalue weighted by atomic mass is 19.2. The molecule has 1 saturated heterocycles. The van der Waals surface area contributed by atoms with Crippen molar-refractivity contribution < 1.29 is 13.9 Å². The molecule has 0 spiro atoms. The molecule has 1 aromatic carbocycles. The van der Waals surface area contributed by atoms with Crippen LogP contribution in [0.1, 0.15) is 26.7 Å². The van der Waals surface area contributed by atoms with E-state index >= 15 is 0 Å². The summed E-state index contributed by atoms with van der Waals surface area (Å²) >= 11 is 0. The van der Waals surface area contributed by atoms with Gasteiger partial charge in [-0.1, -0.05) is 19.9 Å². The minimum atomic E-state index is -0.842. The second-order valence-corrected chi connectivity index (χ2v) is 6.39. The Morgan fingerprint density at radius 1 is 1.33 bits per heavy atom. The Morgan fingerprint density at radius 2 is 2.05 bits per heavy atom. The summed E-state index contributed by atoms with van der Waals surface area (Å²) in [5.74, 6) is -1.29. The Morgan fingerprint density at radius 3 is 2.71 bits per heavy atom. The van der Waals surface area contributed by atoms with Crippen molar-refractivity contribution in [3.63, 3.8) is 0 Å². The maximum absolute atomic E-state index is 13.9. The van der Waals surface area contributed by atoms with Crippen molar-refractivity contribution in [1.29, 1.82) is 0 Å². The van der Waals surface area contributed by atoms with Crippen LogP contribution in [-0.4, -0.2) is 30.3 Å². The SMILES string of the molecule is CC(C)C(O)CC1CC(N)CN(c2cccc(F)c2F)C1. The maximum atomic E-state index is 13.9. The highest BCUT2D eigenvalue weighted by Gasteiger charge is 2.29. The predicted octanol–water partition coefficient (Wildman–Crippen LogP) is 2.53. The monoisotopic (exact) mass is 298 g/mol. The van der Waals surface area contributed by atoms with Crippen LogP contribution < -0.4 is 10.6 Å². The van der Waals surface area contributed by atoms with Crippen LogP contribution in [0.2, 0.25) is 0 Å². The highest BCUT2D eigenvalue weighted by Crippen LogP contribution is 2.29. The fraction of sp³-hybridized carbons (Fsp3) is 0.625. The number of anilines is 1. The van der Waals surface area contributed by atoms with E-state index in [0.717, 1.165) is 12.5 Å². The van der Waals surface area contributed by atoms with Gasteiger partial charge in [0.05, 0.1) is 11.8 Å². The normalized spacial score (nSPS) is 24.4. The average molecular weight is 298 g/mol. The molecule has 5 heteroatoms. The number of hydrogen-bond acceptors (Lipinski definition) is 3. The molecule has 0 bridgehead atoms. The van der Waals surface area contributed by atoms with Crippen LogP contribution in [-0.2, 0) is 0 Å². The molecule has 1 heterocycles. The molecule has 3 atom stereocenters. The third-order valence-corrected chi connectivity index (χ3v) is 4.19. The Labute approximate surface area is 124 Å². The van der Waals surface area contributed by atoms with Crippen molar-refractivity contribution in [3.05, 3.63) is 29.8 Å². The molecular formula is C16H24F2N2O. The van der Waals surface area contributed by atoms with Gasteiger partial charge in [-0.15, -0.1) is 0 Å². The topological polar surface area (TPSA) is 49.5 Å². The van der Waals surface area contributed by atoms with E-state index in [1.165, 1.54) is 6.07 Å². The van der Waals surface area contributed by atoms with E-state index < -0.39 is 11.6 Å². The molecule has 3 unspecified atom stereocenters. The van der Waals surface area contributed by atoms with Crippen LogP contribution in [0.15, 0.2) is 18.2 Å². The van der Waals surface area contributed by atoms with E-state index in [1.807, 2.05) is 13.8 Å². The van der Waals surface area contributed by atoms with Gasteiger partial charge in [0, 0.05) is 19.1 Å². The second kappa shape index (κ2) is 6.71. The van der Waals surface area contributed by atoms with Gasteiger partial charge < -0.3 is 15.7 Å². The molecule has 0 aliphatic carbocycles. The molecular weight excluding hydrogens is 274 g/mol. The van der Waals surface area contributed by atoms with Crippen LogP contribution in [0.3, 0.4) is 0 Å². The molecule has 1 aliphatic heterocycles. The van der Waals surface area contributed by atoms with Crippen LogP contribution in [0.5, 0.6) is 0 Å². The average Bonchev–Trinajstić information content (AvgIpc) is 2.41. The molecule has 0 aromatic heterocycles. The smallest absolute Gasteiger partial charge is 0.182 e. The van der Waals surface area contributed by atoms with Gasteiger partial charge in [-0.3, -0.25) is 0 Å². The van der Waals surface area contributed by atoms with Crippen LogP contribution >= 0.6 is 0 Å². The Kier molecular flexibility index (Phi) is 5.17. The van der Waals surface area contributed by atoms with Crippen molar-refractivity contribution >= 4 is 5.69 Å². The van der Waals surface area contributed by atoms with Crippen molar-refractivity contribution in [2.24, 2.45) is 17.6 Å². The number of piperidine rings is 1. The summed E-state index contributed by atoms with van der Waals surface area (Å²) in [6.07, 6.45) is 1.05. The maximum Gasteiger partial charge on any atom is 0.182 e. The summed E-state index contributed by atoms with van der Waals surface area (Å²) < 4.78 is 27.3. The largest absolute Gasteiger partial charge is 0.393 e. The molecule has 3 N–H and O–H groups in total. The van der Waals surface area contributed by atoms with Crippen molar-refractivity contribution in [2.75, 3.05) is 18.0 Å². The number of hydrogen-bond donors (Lipinski definition) is 2. The summed E-state index contributed by atoms with van der Waals surface area (Å²) in [4.78, 5) is 1.80. The minimum absolute atomic E-state index is 0.0919. The van der Waals surface area contributed by atoms with E-state index in [1.54, 1.807) is 11.0 Å². The van der Waals surface area contributed by atoms with Gasteiger partial charge in [-0.2, -0.15) is 0 Å². The molecule has 118 valence electrons. The first kappa shape index (κ1) is 16.2. The van der Waals surface area contributed by atoms with Gasteiger partial charge in [-0.05, 0) is 36.8 Å². The number of halogens is 2. The molecule has 21 heavy (non-hydrogen) atoms. The first-order valence-electron chi connectivity index (χ1n) is 7.51. The Bertz CT molecular complexity index is 481. The minimum Gasteiger partial charge on any atom is -0.393 e. The predicted molar refractivity (Wildman–Crippen MR) is 80.1 cm³/mol. The second-order valence-electron chi connectivity index (χ2n) is 6.39. The molecule has 1 aromatic rings. The fourth-order valence-corrected chi connectivity index (χ4v) is 2.96. The summed E-state index contributed by atoms with van der Waals surface area (Å²) in [5, 5.41) is 10.0. The van der Waals surface area contributed by atoms with Crippen molar-refractivity contribution in [1.82, 2.24) is 0 Å². The lowest BCUT2D eigenvalue weighted by atomic mass is 9.87. The van der Waals surface area contributed by atoms with Gasteiger partial charge in [-0.25, -0.2) is 8.78 Å². The zero-order chi connectivity index (χ0) is 15.6. The van der Waals surface area contributed by atoms with Crippen LogP contribution in [0.4, 0.5) is 14.5 Å². The Balaban J connectivity index is 2.12. The highest BCUT2D eigenvalue weighted by molar-refractivity contribution is 5.48. The number of rotatable bonds is 4. The first-order valence-corrected chi connectivity index (χ1v) is 7.51. The molecule has 0 radical (unpaired) electrons. The summed E-state index contributed by atoms with van der Waals surface area (Å²) in [6.45, 7) is 5.04. The zero-order valence-corrected chi connectivity index (χ0v) is 12.6. The van der Waals surface area contributed by atoms with E-state index in [2.05, 4.69) is 0 Å². The quantitative estimate of drug-likeness (QED) is 0.898. The number of nitrogens with zero attached hydrogens (tertiary/aromatic N) is 1. The lowest BCUT2D eigenvalue weighted by Crippen LogP contribution is -2.48. The van der Waals surface area contributed by atoms with E-state index in [4.69, 9.17) is 5.73 Å². The summed E-state index contributed by atoms with van der Waals surface area (Å²) in [7, 11) is 0. The van der Waals surface area contributed by atoms with Crippen LogP contribution in [0.25, 0.3) is 0 Å². The third kappa shape index (κ3) is 3.92. The van der Waals surface area contributed by atoms with E-state index in [9.17, 15) is 13.9 Å². The van der Waals surface area contributed by atoms with Crippen LogP contribution in [0, 0.1) is 23.5 Å². The van der Waals surface area contributed by atoms with Gasteiger partial charge in [0.15, 0.2) is 11.6 Å². The summed E-state index contributed by atoms with van der Waals surface area (Å²) in [5.41, 5.74) is 6.31. The molecule has 0 saturated carbocycles. The number of aliphatic hydroxyl groups excluding tert-OH is 1. The van der Waals surface area contributed by atoms with Gasteiger partial charge in [0.2, 0.25) is 0 Å². The zero-order valence-electron chi connectivity index (χ0n) is 12.6. The lowest BCUT2D eigenvalue weighted by molar-refractivity contribution is 0.0921.